The first kappa shape index (κ1) is 38.9. The summed E-state index contributed by atoms with van der Waals surface area (Å²) in [5.41, 5.74) is 5.26. The van der Waals surface area contributed by atoms with Gasteiger partial charge in [0.2, 0.25) is 0 Å². The quantitative estimate of drug-likeness (QED) is 0.133. The van der Waals surface area contributed by atoms with Gasteiger partial charge in [0.05, 0.1) is 0 Å². The molecule has 1 aromatic heterocycles. The molecule has 0 atom stereocenters. The predicted octanol–water partition coefficient (Wildman–Crippen LogP) is 11.6. The van der Waals surface area contributed by atoms with Crippen LogP contribution in [0.3, 0.4) is 0 Å². The van der Waals surface area contributed by atoms with Crippen LogP contribution in [-0.2, 0) is 24.9 Å². The van der Waals surface area contributed by atoms with E-state index < -0.39 is 5.41 Å². The summed E-state index contributed by atoms with van der Waals surface area (Å²) in [6, 6.07) is 16.9. The van der Waals surface area contributed by atoms with Gasteiger partial charge in [-0.1, -0.05) is 114 Å². The topological polar surface area (TPSA) is 50.2 Å². The third-order valence-corrected chi connectivity index (χ3v) is 11.2. The Morgan fingerprint density at radius 1 is 0.867 bits per heavy atom. The van der Waals surface area contributed by atoms with Crippen molar-refractivity contribution in [3.63, 3.8) is 0 Å². The molecule has 1 fully saturated rings. The second-order valence-corrected chi connectivity index (χ2v) is 15.0. The van der Waals surface area contributed by atoms with E-state index in [4.69, 9.17) is 0 Å². The van der Waals surface area contributed by atoms with Gasteiger partial charge in [-0.2, -0.15) is 0 Å². The van der Waals surface area contributed by atoms with E-state index in [9.17, 15) is 9.90 Å². The van der Waals surface area contributed by atoms with Gasteiger partial charge in [-0.25, -0.2) is 0 Å². The van der Waals surface area contributed by atoms with Gasteiger partial charge in [-0.05, 0) is 70.5 Å². The number of pyridine rings is 1. The molecule has 0 amide bonds. The van der Waals surface area contributed by atoms with Crippen molar-refractivity contribution in [3.8, 4) is 11.3 Å². The molecule has 2 aromatic carbocycles. The smallest absolute Gasteiger partial charge is 0.165 e. The first-order chi connectivity index (χ1) is 20.5. The molecular weight excluding hydrogens is 731 g/mol. The van der Waals surface area contributed by atoms with Crippen LogP contribution in [0, 0.1) is 54.4 Å². The maximum absolute atomic E-state index is 12.8. The van der Waals surface area contributed by atoms with Crippen LogP contribution in [-0.4, -0.2) is 15.9 Å². The normalized spacial score (nSPS) is 14.7. The number of hydrogen-bond acceptors (Lipinski definition) is 3. The van der Waals surface area contributed by atoms with Gasteiger partial charge in [0, 0.05) is 43.2 Å². The molecule has 3 nitrogen and oxygen atoms in total. The van der Waals surface area contributed by atoms with E-state index in [0.29, 0.717) is 0 Å². The fourth-order valence-corrected chi connectivity index (χ4v) is 6.88. The van der Waals surface area contributed by atoms with Crippen molar-refractivity contribution in [2.75, 3.05) is 0 Å². The van der Waals surface area contributed by atoms with E-state index in [1.807, 2.05) is 20.0 Å². The number of aliphatic hydroxyl groups is 1. The number of carbonyl (C=O) groups is 1. The molecule has 0 bridgehead atoms. The Hall–Kier alpha value is -2.29. The summed E-state index contributed by atoms with van der Waals surface area (Å²) in [5.74, 6) is 2.03. The van der Waals surface area contributed by atoms with Crippen LogP contribution in [0.25, 0.3) is 22.0 Å². The molecule has 0 spiro atoms. The average molecular weight is 789 g/mol. The number of carbonyl (C=O) groups excluding carboxylic acids is 1. The molecule has 1 aliphatic carbocycles. The van der Waals surface area contributed by atoms with Crippen LogP contribution >= 0.6 is 0 Å². The molecule has 45 heavy (non-hydrogen) atoms. The van der Waals surface area contributed by atoms with Crippen molar-refractivity contribution in [2.24, 2.45) is 34.5 Å². The molecule has 1 N–H and O–H groups in total. The summed E-state index contributed by atoms with van der Waals surface area (Å²) in [4.78, 5) is 17.5. The maximum atomic E-state index is 12.8. The van der Waals surface area contributed by atoms with Crippen LogP contribution < -0.4 is 0 Å². The van der Waals surface area contributed by atoms with E-state index in [0.717, 1.165) is 17.2 Å². The Morgan fingerprint density at radius 3 is 1.93 bits per heavy atom. The third kappa shape index (κ3) is 8.55. The Labute approximate surface area is 288 Å². The average Bonchev–Trinajstić information content (AvgIpc) is 3.50. The minimum atomic E-state index is -0.442. The molecule has 0 unspecified atom stereocenters. The van der Waals surface area contributed by atoms with Crippen molar-refractivity contribution < 1.29 is 30.0 Å². The maximum Gasteiger partial charge on any atom is 0.165 e. The van der Waals surface area contributed by atoms with Gasteiger partial charge in [0.25, 0.3) is 0 Å². The number of nitrogens with zero attached hydrogens (tertiary/aromatic N) is 1. The molecule has 0 aliphatic heterocycles. The summed E-state index contributed by atoms with van der Waals surface area (Å²) in [6.45, 7) is 25.0. The Morgan fingerprint density at radius 2 is 1.42 bits per heavy atom. The van der Waals surface area contributed by atoms with E-state index in [1.54, 1.807) is 0 Å². The van der Waals surface area contributed by atoms with Gasteiger partial charge >= 0.3 is 0 Å². The van der Waals surface area contributed by atoms with Gasteiger partial charge < -0.3 is 10.1 Å². The summed E-state index contributed by atoms with van der Waals surface area (Å²) >= 11 is 0. The van der Waals surface area contributed by atoms with Crippen LogP contribution in [0.1, 0.15) is 118 Å². The van der Waals surface area contributed by atoms with E-state index in [-0.39, 0.29) is 60.7 Å². The zero-order valence-corrected chi connectivity index (χ0v) is 32.4. The largest absolute Gasteiger partial charge is 0.512 e. The minimum absolute atomic E-state index is 0. The number of fused-ring (bicyclic) bond motifs is 1. The molecule has 1 aliphatic rings. The number of allylic oxidation sites excluding steroid dienone is 2. The zero-order valence-electron chi connectivity index (χ0n) is 30.0. The zero-order chi connectivity index (χ0) is 33.0. The number of aliphatic hydroxyl groups excluding tert-OH is 1. The van der Waals surface area contributed by atoms with Crippen molar-refractivity contribution in [1.82, 2.24) is 4.98 Å². The number of aromatic nitrogens is 1. The number of ketones is 1. The van der Waals surface area contributed by atoms with Gasteiger partial charge in [0.15, 0.2) is 5.78 Å². The molecular formula is C41H58IrNO2-. The standard InChI is InChI=1S/C22H22N.C19H36O2.Ir/c1-15-11-16(2)13-20(12-15)22-21-8-7-18(17-5-3-4-6-17)14-19(21)9-10-23-22;1-12(2)18(9,13(3)4)16(20)11-17(21)19(10,14(5)6)15(7)8;/h7-12,14,17H,3-6H2,1-2H3;11-15,20H,1-10H3;/q-1;;/b;16-11-;. The number of aryl methyl sites for hydroxylation is 2. The van der Waals surface area contributed by atoms with E-state index in [1.165, 1.54) is 59.2 Å². The molecule has 1 heterocycles. The van der Waals surface area contributed by atoms with Crippen LogP contribution in [0.2, 0.25) is 0 Å². The number of hydrogen-bond donors (Lipinski definition) is 1. The Kier molecular flexibility index (Phi) is 13.8. The number of benzene rings is 2. The van der Waals surface area contributed by atoms with Crippen molar-refractivity contribution in [2.45, 2.75) is 115 Å². The minimum Gasteiger partial charge on any atom is -0.512 e. The summed E-state index contributed by atoms with van der Waals surface area (Å²) in [7, 11) is 0. The molecule has 3 aromatic rings. The summed E-state index contributed by atoms with van der Waals surface area (Å²) < 4.78 is 0. The predicted molar refractivity (Wildman–Crippen MR) is 188 cm³/mol. The summed E-state index contributed by atoms with van der Waals surface area (Å²) in [5, 5.41) is 13.2. The van der Waals surface area contributed by atoms with Gasteiger partial charge in [-0.3, -0.25) is 4.79 Å². The van der Waals surface area contributed by atoms with Crippen molar-refractivity contribution in [1.29, 1.82) is 0 Å². The molecule has 249 valence electrons. The molecule has 4 rings (SSSR count). The van der Waals surface area contributed by atoms with Gasteiger partial charge in [-0.15, -0.1) is 34.9 Å². The number of rotatable bonds is 9. The fourth-order valence-electron chi connectivity index (χ4n) is 6.88. The fraction of sp³-hybridized carbons (Fsp3) is 0.561. The van der Waals surface area contributed by atoms with E-state index >= 15 is 0 Å². The molecule has 4 heteroatoms. The second-order valence-electron chi connectivity index (χ2n) is 15.0. The SMILES string of the molecule is CC(C)C(C)(C(=O)/C=C(\O)C(C)(C(C)C)C(C)C)C(C)C.Cc1[c-]c(-c2nccc3cc(C4CCCC4)ccc23)cc(C)c1.[Ir]. The van der Waals surface area contributed by atoms with Crippen molar-refractivity contribution >= 4 is 16.6 Å². The van der Waals surface area contributed by atoms with Crippen LogP contribution in [0.4, 0.5) is 0 Å². The van der Waals surface area contributed by atoms with E-state index in [2.05, 4.69) is 117 Å². The first-order valence-corrected chi connectivity index (χ1v) is 16.9. The Balaban J connectivity index is 0.000000309. The molecule has 1 saturated carbocycles. The second kappa shape index (κ2) is 16.0. The van der Waals surface area contributed by atoms with Crippen molar-refractivity contribution in [3.05, 3.63) is 77.2 Å². The Bertz CT molecular complexity index is 1420. The van der Waals surface area contributed by atoms with Gasteiger partial charge in [0.1, 0.15) is 5.76 Å². The van der Waals surface area contributed by atoms with Crippen LogP contribution in [0.15, 0.2) is 54.4 Å². The first-order valence-electron chi connectivity index (χ1n) is 16.9. The van der Waals surface area contributed by atoms with Crippen LogP contribution in [0.5, 0.6) is 0 Å². The molecule has 0 saturated heterocycles. The monoisotopic (exact) mass is 789 g/mol. The molecule has 1 radical (unpaired) electrons. The third-order valence-electron chi connectivity index (χ3n) is 11.2. The summed E-state index contributed by atoms with van der Waals surface area (Å²) in [6.07, 6.45) is 8.87.